The molecule has 0 amide bonds. The highest BCUT2D eigenvalue weighted by atomic mass is 32.1. The van der Waals surface area contributed by atoms with E-state index in [1.807, 2.05) is 0 Å². The molecule has 0 fully saturated rings. The second-order valence-corrected chi connectivity index (χ2v) is 3.66. The van der Waals surface area contributed by atoms with E-state index in [1.54, 1.807) is 18.3 Å². The fourth-order valence-electron chi connectivity index (χ4n) is 1.32. The van der Waals surface area contributed by atoms with Crippen LogP contribution in [-0.2, 0) is 0 Å². The van der Waals surface area contributed by atoms with Crippen molar-refractivity contribution in [3.05, 3.63) is 52.4 Å². The number of aromatic amines is 1. The van der Waals surface area contributed by atoms with Gasteiger partial charge in [-0.05, 0) is 24.3 Å². The van der Waals surface area contributed by atoms with Crippen molar-refractivity contribution >= 4 is 12.2 Å². The van der Waals surface area contributed by atoms with Gasteiger partial charge in [-0.2, -0.15) is 0 Å². The van der Waals surface area contributed by atoms with Crippen molar-refractivity contribution in [2.45, 2.75) is 0 Å². The lowest BCUT2D eigenvalue weighted by molar-refractivity contribution is 0.447. The minimum Gasteiger partial charge on any atom is -0.361 e. The Kier molecular flexibility index (Phi) is 2.78. The molecule has 0 aliphatic heterocycles. The summed E-state index contributed by atoms with van der Waals surface area (Å²) in [6.45, 7) is 0. The normalized spacial score (nSPS) is 10.4. The Bertz CT molecular complexity index is 569. The van der Waals surface area contributed by atoms with Crippen LogP contribution in [0.15, 0.2) is 30.5 Å². The standard InChI is InChI=1S/C11H6F3NS/c12-8-3-6(4-9(13)11(8)14)10-5-7(16)1-2-15-10/h1-5H,(H,15,16). The van der Waals surface area contributed by atoms with Crippen LogP contribution in [0.1, 0.15) is 0 Å². The molecule has 1 aromatic heterocycles. The molecule has 1 N–H and O–H groups in total. The maximum absolute atomic E-state index is 13.0. The molecule has 16 heavy (non-hydrogen) atoms. The third-order valence-corrected chi connectivity index (χ3v) is 2.32. The van der Waals surface area contributed by atoms with Gasteiger partial charge < -0.3 is 4.98 Å². The third-order valence-electron chi connectivity index (χ3n) is 2.07. The maximum Gasteiger partial charge on any atom is 0.194 e. The van der Waals surface area contributed by atoms with E-state index >= 15 is 0 Å². The van der Waals surface area contributed by atoms with E-state index in [0.29, 0.717) is 10.2 Å². The number of hydrogen-bond acceptors (Lipinski definition) is 1. The summed E-state index contributed by atoms with van der Waals surface area (Å²) in [5, 5.41) is 0. The van der Waals surface area contributed by atoms with Gasteiger partial charge in [-0.25, -0.2) is 13.2 Å². The monoisotopic (exact) mass is 241 g/mol. The lowest BCUT2D eigenvalue weighted by Crippen LogP contribution is -1.92. The summed E-state index contributed by atoms with van der Waals surface area (Å²) in [7, 11) is 0. The number of halogens is 3. The Morgan fingerprint density at radius 2 is 1.62 bits per heavy atom. The van der Waals surface area contributed by atoms with Crippen molar-refractivity contribution in [1.82, 2.24) is 4.98 Å². The van der Waals surface area contributed by atoms with Crippen molar-refractivity contribution in [1.29, 1.82) is 0 Å². The Balaban J connectivity index is 2.61. The third kappa shape index (κ3) is 1.99. The van der Waals surface area contributed by atoms with Crippen LogP contribution in [0, 0.1) is 22.0 Å². The van der Waals surface area contributed by atoms with E-state index < -0.39 is 17.5 Å². The second-order valence-electron chi connectivity index (χ2n) is 3.19. The zero-order chi connectivity index (χ0) is 11.7. The van der Waals surface area contributed by atoms with Crippen LogP contribution < -0.4 is 0 Å². The SMILES string of the molecule is Fc1cc(-c2cc(=S)cc[nH]2)cc(F)c1F. The van der Waals surface area contributed by atoms with Gasteiger partial charge in [0.05, 0.1) is 0 Å². The molecular formula is C11H6F3NS. The summed E-state index contributed by atoms with van der Waals surface area (Å²) in [5.41, 5.74) is 0.647. The van der Waals surface area contributed by atoms with Crippen LogP contribution in [0.3, 0.4) is 0 Å². The van der Waals surface area contributed by atoms with Crippen molar-refractivity contribution in [3.8, 4) is 11.3 Å². The molecule has 82 valence electrons. The van der Waals surface area contributed by atoms with Gasteiger partial charge in [0.2, 0.25) is 0 Å². The molecule has 2 aromatic rings. The average molecular weight is 241 g/mol. The molecular weight excluding hydrogens is 235 g/mol. The average Bonchev–Trinajstić information content (AvgIpc) is 2.25. The fourth-order valence-corrected chi connectivity index (χ4v) is 1.51. The number of benzene rings is 1. The number of aromatic nitrogens is 1. The summed E-state index contributed by atoms with van der Waals surface area (Å²) in [6, 6.07) is 5.01. The van der Waals surface area contributed by atoms with Gasteiger partial charge in [-0.3, -0.25) is 0 Å². The van der Waals surface area contributed by atoms with Crippen molar-refractivity contribution in [2.24, 2.45) is 0 Å². The van der Waals surface area contributed by atoms with Crippen LogP contribution in [0.25, 0.3) is 11.3 Å². The molecule has 0 unspecified atom stereocenters. The van der Waals surface area contributed by atoms with Crippen molar-refractivity contribution in [3.63, 3.8) is 0 Å². The highest BCUT2D eigenvalue weighted by Crippen LogP contribution is 2.21. The number of nitrogens with one attached hydrogen (secondary N) is 1. The minimum atomic E-state index is -1.47. The summed E-state index contributed by atoms with van der Waals surface area (Å²) < 4.78 is 39.2. The van der Waals surface area contributed by atoms with Gasteiger partial charge in [0.15, 0.2) is 17.5 Å². The highest BCUT2D eigenvalue weighted by Gasteiger charge is 2.11. The first kappa shape index (κ1) is 10.9. The number of rotatable bonds is 1. The molecule has 0 radical (unpaired) electrons. The van der Waals surface area contributed by atoms with E-state index in [-0.39, 0.29) is 5.56 Å². The summed E-state index contributed by atoms with van der Waals surface area (Å²) in [4.78, 5) is 2.78. The molecule has 0 saturated heterocycles. The van der Waals surface area contributed by atoms with E-state index in [9.17, 15) is 13.2 Å². The number of H-pyrrole nitrogens is 1. The first-order valence-electron chi connectivity index (χ1n) is 4.41. The molecule has 0 atom stereocenters. The van der Waals surface area contributed by atoms with Crippen LogP contribution in [0.2, 0.25) is 0 Å². The van der Waals surface area contributed by atoms with E-state index in [2.05, 4.69) is 4.98 Å². The van der Waals surface area contributed by atoms with Crippen molar-refractivity contribution < 1.29 is 13.2 Å². The van der Waals surface area contributed by atoms with E-state index in [4.69, 9.17) is 12.2 Å². The van der Waals surface area contributed by atoms with Crippen LogP contribution in [-0.4, -0.2) is 4.98 Å². The number of pyridine rings is 1. The zero-order valence-electron chi connectivity index (χ0n) is 7.93. The Morgan fingerprint density at radius 3 is 2.19 bits per heavy atom. The van der Waals surface area contributed by atoms with Gasteiger partial charge in [0.25, 0.3) is 0 Å². The van der Waals surface area contributed by atoms with Gasteiger partial charge in [0.1, 0.15) is 0 Å². The summed E-state index contributed by atoms with van der Waals surface area (Å²) >= 11 is 4.91. The molecule has 0 aliphatic carbocycles. The lowest BCUT2D eigenvalue weighted by Gasteiger charge is -2.03. The van der Waals surface area contributed by atoms with Crippen LogP contribution >= 0.6 is 12.2 Å². The predicted molar refractivity (Wildman–Crippen MR) is 56.9 cm³/mol. The molecule has 0 bridgehead atoms. The van der Waals surface area contributed by atoms with Gasteiger partial charge in [0, 0.05) is 22.0 Å². The van der Waals surface area contributed by atoms with Crippen LogP contribution in [0.5, 0.6) is 0 Å². The quantitative estimate of drug-likeness (QED) is 0.592. The molecule has 1 nitrogen and oxygen atoms in total. The molecule has 5 heteroatoms. The summed E-state index contributed by atoms with van der Waals surface area (Å²) in [5.74, 6) is -3.92. The minimum absolute atomic E-state index is 0.211. The summed E-state index contributed by atoms with van der Waals surface area (Å²) in [6.07, 6.45) is 1.55. The lowest BCUT2D eigenvalue weighted by atomic mass is 10.1. The van der Waals surface area contributed by atoms with Gasteiger partial charge >= 0.3 is 0 Å². The fraction of sp³-hybridized carbons (Fsp3) is 0. The predicted octanol–water partition coefficient (Wildman–Crippen LogP) is 3.83. The first-order valence-corrected chi connectivity index (χ1v) is 4.82. The molecule has 0 aliphatic rings. The molecule has 1 heterocycles. The Morgan fingerprint density at radius 1 is 1.00 bits per heavy atom. The van der Waals surface area contributed by atoms with Crippen LogP contribution in [0.4, 0.5) is 13.2 Å². The molecule has 1 aromatic carbocycles. The Hall–Kier alpha value is -1.62. The Labute approximate surface area is 94.6 Å². The molecule has 0 spiro atoms. The first-order chi connectivity index (χ1) is 7.58. The second kappa shape index (κ2) is 4.09. The maximum atomic E-state index is 13.0. The molecule has 2 rings (SSSR count). The topological polar surface area (TPSA) is 15.8 Å². The van der Waals surface area contributed by atoms with Gasteiger partial charge in [-0.15, -0.1) is 0 Å². The zero-order valence-corrected chi connectivity index (χ0v) is 8.75. The van der Waals surface area contributed by atoms with E-state index in [1.165, 1.54) is 0 Å². The smallest absolute Gasteiger partial charge is 0.194 e. The van der Waals surface area contributed by atoms with Gasteiger partial charge in [-0.1, -0.05) is 12.2 Å². The van der Waals surface area contributed by atoms with Crippen molar-refractivity contribution in [2.75, 3.05) is 0 Å². The number of hydrogen-bond donors (Lipinski definition) is 1. The molecule has 0 saturated carbocycles. The largest absolute Gasteiger partial charge is 0.361 e. The van der Waals surface area contributed by atoms with E-state index in [0.717, 1.165) is 12.1 Å². The highest BCUT2D eigenvalue weighted by molar-refractivity contribution is 7.71.